The zero-order valence-corrected chi connectivity index (χ0v) is 16.4. The number of methoxy groups -OCH3 is 1. The number of nitrogens with one attached hydrogen (secondary N) is 2. The third-order valence-corrected chi connectivity index (χ3v) is 5.55. The predicted octanol–water partition coefficient (Wildman–Crippen LogP) is 2.93. The molecule has 0 aliphatic rings. The van der Waals surface area contributed by atoms with Gasteiger partial charge in [0.15, 0.2) is 0 Å². The molecule has 7 heteroatoms. The van der Waals surface area contributed by atoms with Crippen molar-refractivity contribution in [2.24, 2.45) is 0 Å². The predicted molar refractivity (Wildman–Crippen MR) is 102 cm³/mol. The first-order valence-corrected chi connectivity index (χ1v) is 9.67. The first kappa shape index (κ1) is 19.9. The van der Waals surface area contributed by atoms with Crippen LogP contribution < -0.4 is 14.8 Å². The van der Waals surface area contributed by atoms with E-state index in [2.05, 4.69) is 10.0 Å². The molecule has 140 valence electrons. The second-order valence-corrected chi connectivity index (χ2v) is 7.99. The van der Waals surface area contributed by atoms with Crippen LogP contribution in [0.3, 0.4) is 0 Å². The van der Waals surface area contributed by atoms with Gasteiger partial charge in [-0.3, -0.25) is 4.79 Å². The molecule has 0 heterocycles. The SMILES string of the molecule is COc1ccc(C)cc1S(=O)(=O)NC(C)C(=O)Nc1cc(C)ccc1C. The lowest BCUT2D eigenvalue weighted by atomic mass is 10.1. The summed E-state index contributed by atoms with van der Waals surface area (Å²) in [5.41, 5.74) is 3.34. The highest BCUT2D eigenvalue weighted by Gasteiger charge is 2.25. The molecule has 6 nitrogen and oxygen atoms in total. The first-order chi connectivity index (χ1) is 12.1. The Morgan fingerprint density at radius 2 is 1.65 bits per heavy atom. The summed E-state index contributed by atoms with van der Waals surface area (Å²) in [6, 6.07) is 9.59. The number of benzene rings is 2. The van der Waals surface area contributed by atoms with E-state index in [-0.39, 0.29) is 10.6 Å². The number of sulfonamides is 1. The van der Waals surface area contributed by atoms with Crippen LogP contribution >= 0.6 is 0 Å². The maximum atomic E-state index is 12.7. The van der Waals surface area contributed by atoms with Crippen LogP contribution in [-0.4, -0.2) is 27.5 Å². The molecular weight excluding hydrogens is 352 g/mol. The van der Waals surface area contributed by atoms with Crippen LogP contribution in [-0.2, 0) is 14.8 Å². The van der Waals surface area contributed by atoms with Gasteiger partial charge in [0.2, 0.25) is 15.9 Å². The van der Waals surface area contributed by atoms with Crippen LogP contribution in [0.4, 0.5) is 5.69 Å². The minimum absolute atomic E-state index is 0.00591. The Kier molecular flexibility index (Phi) is 6.05. The number of amides is 1. The van der Waals surface area contributed by atoms with Crippen molar-refractivity contribution in [1.82, 2.24) is 4.72 Å². The fraction of sp³-hybridized carbons (Fsp3) is 0.316. The maximum absolute atomic E-state index is 12.7. The Bertz CT molecular complexity index is 923. The quantitative estimate of drug-likeness (QED) is 0.812. The van der Waals surface area contributed by atoms with E-state index in [9.17, 15) is 13.2 Å². The van der Waals surface area contributed by atoms with E-state index >= 15 is 0 Å². The summed E-state index contributed by atoms with van der Waals surface area (Å²) in [5, 5.41) is 2.77. The number of carbonyl (C=O) groups excluding carboxylic acids is 1. The van der Waals surface area contributed by atoms with Crippen molar-refractivity contribution in [3.05, 3.63) is 53.1 Å². The van der Waals surface area contributed by atoms with Gasteiger partial charge in [-0.15, -0.1) is 0 Å². The fourth-order valence-corrected chi connectivity index (χ4v) is 3.91. The molecule has 2 aromatic carbocycles. The third kappa shape index (κ3) is 4.62. The highest BCUT2D eigenvalue weighted by atomic mass is 32.2. The fourth-order valence-electron chi connectivity index (χ4n) is 2.46. The number of carbonyl (C=O) groups is 1. The van der Waals surface area contributed by atoms with Crippen molar-refractivity contribution in [1.29, 1.82) is 0 Å². The minimum atomic E-state index is -3.92. The molecule has 0 radical (unpaired) electrons. The molecule has 0 spiro atoms. The highest BCUT2D eigenvalue weighted by Crippen LogP contribution is 2.25. The summed E-state index contributed by atoms with van der Waals surface area (Å²) in [6.45, 7) is 7.09. The summed E-state index contributed by atoms with van der Waals surface area (Å²) < 4.78 is 32.9. The molecule has 0 aliphatic heterocycles. The Morgan fingerprint density at radius 3 is 2.31 bits per heavy atom. The lowest BCUT2D eigenvalue weighted by molar-refractivity contribution is -0.117. The molecule has 0 aliphatic carbocycles. The number of hydrogen-bond acceptors (Lipinski definition) is 4. The zero-order chi connectivity index (χ0) is 19.5. The van der Waals surface area contributed by atoms with E-state index in [0.717, 1.165) is 16.7 Å². The number of rotatable bonds is 6. The number of anilines is 1. The van der Waals surface area contributed by atoms with Crippen molar-refractivity contribution in [3.8, 4) is 5.75 Å². The molecule has 0 saturated heterocycles. The topological polar surface area (TPSA) is 84.5 Å². The highest BCUT2D eigenvalue weighted by molar-refractivity contribution is 7.89. The smallest absolute Gasteiger partial charge is 0.244 e. The van der Waals surface area contributed by atoms with Crippen LogP contribution in [0, 0.1) is 20.8 Å². The van der Waals surface area contributed by atoms with Gasteiger partial charge in [0.1, 0.15) is 10.6 Å². The van der Waals surface area contributed by atoms with E-state index in [4.69, 9.17) is 4.74 Å². The summed E-state index contributed by atoms with van der Waals surface area (Å²) in [4.78, 5) is 12.4. The normalized spacial score (nSPS) is 12.5. The van der Waals surface area contributed by atoms with Gasteiger partial charge >= 0.3 is 0 Å². The van der Waals surface area contributed by atoms with Gasteiger partial charge in [-0.1, -0.05) is 18.2 Å². The van der Waals surface area contributed by atoms with Gasteiger partial charge in [-0.2, -0.15) is 4.72 Å². The second kappa shape index (κ2) is 7.88. The van der Waals surface area contributed by atoms with Gasteiger partial charge in [0.05, 0.1) is 13.2 Å². The summed E-state index contributed by atoms with van der Waals surface area (Å²) in [5.74, 6) is -0.209. The molecule has 1 unspecified atom stereocenters. The Morgan fingerprint density at radius 1 is 1.04 bits per heavy atom. The standard InChI is InChI=1S/C19H24N2O4S/c1-12-6-8-14(3)16(10-12)20-19(22)15(4)21-26(23,24)18-11-13(2)7-9-17(18)25-5/h6-11,15,21H,1-5H3,(H,20,22). The molecule has 1 atom stereocenters. The molecule has 26 heavy (non-hydrogen) atoms. The molecule has 2 N–H and O–H groups in total. The minimum Gasteiger partial charge on any atom is -0.495 e. The largest absolute Gasteiger partial charge is 0.495 e. The zero-order valence-electron chi connectivity index (χ0n) is 15.6. The van der Waals surface area contributed by atoms with Crippen molar-refractivity contribution < 1.29 is 17.9 Å². The Balaban J connectivity index is 2.20. The Labute approximate surface area is 154 Å². The van der Waals surface area contributed by atoms with Gasteiger partial charge in [0.25, 0.3) is 0 Å². The molecule has 2 aromatic rings. The molecule has 0 fully saturated rings. The van der Waals surface area contributed by atoms with E-state index in [1.807, 2.05) is 32.0 Å². The molecule has 2 rings (SSSR count). The van der Waals surface area contributed by atoms with Crippen molar-refractivity contribution in [2.75, 3.05) is 12.4 Å². The summed E-state index contributed by atoms with van der Waals surface area (Å²) in [6.07, 6.45) is 0. The second-order valence-electron chi connectivity index (χ2n) is 6.30. The van der Waals surface area contributed by atoms with E-state index in [1.54, 1.807) is 19.1 Å². The first-order valence-electron chi connectivity index (χ1n) is 8.19. The number of aryl methyl sites for hydroxylation is 3. The van der Waals surface area contributed by atoms with Crippen LogP contribution in [0.25, 0.3) is 0 Å². The molecule has 0 saturated carbocycles. The molecule has 1 amide bonds. The monoisotopic (exact) mass is 376 g/mol. The van der Waals surface area contributed by atoms with Crippen LogP contribution in [0.2, 0.25) is 0 Å². The number of ether oxygens (including phenoxy) is 1. The van der Waals surface area contributed by atoms with Crippen molar-refractivity contribution >= 4 is 21.6 Å². The third-order valence-electron chi connectivity index (χ3n) is 3.98. The molecule has 0 bridgehead atoms. The summed E-state index contributed by atoms with van der Waals surface area (Å²) >= 11 is 0. The van der Waals surface area contributed by atoms with E-state index in [0.29, 0.717) is 5.69 Å². The summed E-state index contributed by atoms with van der Waals surface area (Å²) in [7, 11) is -2.51. The lowest BCUT2D eigenvalue weighted by Gasteiger charge is -2.17. The molecule has 0 aromatic heterocycles. The van der Waals surface area contributed by atoms with Gasteiger partial charge in [-0.05, 0) is 62.6 Å². The molecular formula is C19H24N2O4S. The van der Waals surface area contributed by atoms with Gasteiger partial charge in [0, 0.05) is 5.69 Å². The van der Waals surface area contributed by atoms with Gasteiger partial charge in [-0.25, -0.2) is 8.42 Å². The Hall–Kier alpha value is -2.38. The lowest BCUT2D eigenvalue weighted by Crippen LogP contribution is -2.41. The van der Waals surface area contributed by atoms with Crippen LogP contribution in [0.5, 0.6) is 5.75 Å². The van der Waals surface area contributed by atoms with Crippen LogP contribution in [0.15, 0.2) is 41.3 Å². The van der Waals surface area contributed by atoms with Gasteiger partial charge < -0.3 is 10.1 Å². The maximum Gasteiger partial charge on any atom is 0.244 e. The van der Waals surface area contributed by atoms with Crippen molar-refractivity contribution in [2.45, 2.75) is 38.6 Å². The average Bonchev–Trinajstić information content (AvgIpc) is 2.57. The average molecular weight is 376 g/mol. The van der Waals surface area contributed by atoms with E-state index < -0.39 is 22.0 Å². The van der Waals surface area contributed by atoms with Crippen molar-refractivity contribution in [3.63, 3.8) is 0 Å². The van der Waals surface area contributed by atoms with E-state index in [1.165, 1.54) is 20.1 Å². The van der Waals surface area contributed by atoms with Crippen LogP contribution in [0.1, 0.15) is 23.6 Å². The number of hydrogen-bond donors (Lipinski definition) is 2.